The summed E-state index contributed by atoms with van der Waals surface area (Å²) in [5, 5.41) is 6.01. The van der Waals surface area contributed by atoms with E-state index in [2.05, 4.69) is 31.8 Å². The number of hydrogen-bond donors (Lipinski definition) is 2. The Balaban J connectivity index is 1.84. The number of nitrogens with zero attached hydrogens (tertiary/aromatic N) is 1. The molecule has 0 aromatic heterocycles. The van der Waals surface area contributed by atoms with Crippen LogP contribution in [0.3, 0.4) is 0 Å². The Kier molecular flexibility index (Phi) is 7.59. The zero-order valence-electron chi connectivity index (χ0n) is 14.2. The number of rotatable bonds is 6. The quantitative estimate of drug-likeness (QED) is 0.455. The van der Waals surface area contributed by atoms with Gasteiger partial charge < -0.3 is 5.32 Å². The zero-order valence-corrected chi connectivity index (χ0v) is 16.5. The van der Waals surface area contributed by atoms with E-state index in [9.17, 15) is 22.8 Å². The average Bonchev–Trinajstić information content (AvgIpc) is 2.61. The number of benzene rings is 2. The SMILES string of the molecule is O=C(CCC(=O)Nc1cc(C(F)(F)F)ccc1Cl)N/N=C\c1cccc(Br)c1. The molecule has 0 saturated heterocycles. The van der Waals surface area contributed by atoms with Gasteiger partial charge in [0, 0.05) is 17.3 Å². The van der Waals surface area contributed by atoms with Gasteiger partial charge in [-0.05, 0) is 35.9 Å². The third-order valence-electron chi connectivity index (χ3n) is 3.40. The Morgan fingerprint density at radius 2 is 1.82 bits per heavy atom. The number of alkyl halides is 3. The van der Waals surface area contributed by atoms with Crippen molar-refractivity contribution in [1.82, 2.24) is 5.43 Å². The lowest BCUT2D eigenvalue weighted by molar-refractivity contribution is -0.137. The summed E-state index contributed by atoms with van der Waals surface area (Å²) in [6.45, 7) is 0. The minimum absolute atomic E-state index is 0.0376. The lowest BCUT2D eigenvalue weighted by Crippen LogP contribution is -2.21. The molecule has 2 N–H and O–H groups in total. The number of halogens is 5. The number of carbonyl (C=O) groups is 2. The minimum atomic E-state index is -4.56. The van der Waals surface area contributed by atoms with Crippen LogP contribution in [0.1, 0.15) is 24.0 Å². The first-order valence-corrected chi connectivity index (χ1v) is 9.06. The summed E-state index contributed by atoms with van der Waals surface area (Å²) < 4.78 is 39.0. The van der Waals surface area contributed by atoms with E-state index in [1.54, 1.807) is 18.2 Å². The van der Waals surface area contributed by atoms with Crippen LogP contribution in [0.5, 0.6) is 0 Å². The third-order valence-corrected chi connectivity index (χ3v) is 4.22. The van der Waals surface area contributed by atoms with E-state index in [1.807, 2.05) is 6.07 Å². The molecule has 2 aromatic carbocycles. The molecule has 0 unspecified atom stereocenters. The molecule has 0 saturated carbocycles. The van der Waals surface area contributed by atoms with Gasteiger partial charge >= 0.3 is 6.18 Å². The van der Waals surface area contributed by atoms with Crippen LogP contribution in [0.4, 0.5) is 18.9 Å². The Labute approximate surface area is 172 Å². The van der Waals surface area contributed by atoms with Crippen LogP contribution < -0.4 is 10.7 Å². The lowest BCUT2D eigenvalue weighted by atomic mass is 10.2. The fourth-order valence-corrected chi connectivity index (χ4v) is 2.64. The van der Waals surface area contributed by atoms with E-state index < -0.39 is 23.6 Å². The predicted molar refractivity (Wildman–Crippen MR) is 104 cm³/mol. The van der Waals surface area contributed by atoms with Crippen molar-refractivity contribution in [3.8, 4) is 0 Å². The standard InChI is InChI=1S/C18H14BrClF3N3O2/c19-13-3-1-2-11(8-13)10-24-26-17(28)7-6-16(27)25-15-9-12(18(21,22)23)4-5-14(15)20/h1-5,8-10H,6-7H2,(H,25,27)(H,26,28)/b24-10-. The molecule has 2 amide bonds. The highest BCUT2D eigenvalue weighted by molar-refractivity contribution is 9.10. The van der Waals surface area contributed by atoms with Gasteiger partial charge in [-0.25, -0.2) is 5.43 Å². The van der Waals surface area contributed by atoms with Gasteiger partial charge in [0.1, 0.15) is 0 Å². The van der Waals surface area contributed by atoms with Gasteiger partial charge in [0.15, 0.2) is 0 Å². The molecule has 0 heterocycles. The monoisotopic (exact) mass is 475 g/mol. The van der Waals surface area contributed by atoms with Crippen LogP contribution in [0, 0.1) is 0 Å². The van der Waals surface area contributed by atoms with Crippen LogP contribution in [-0.4, -0.2) is 18.0 Å². The Morgan fingerprint density at radius 1 is 1.11 bits per heavy atom. The molecule has 0 fully saturated rings. The van der Waals surface area contributed by atoms with Crippen molar-refractivity contribution >= 4 is 51.2 Å². The molecule has 2 rings (SSSR count). The van der Waals surface area contributed by atoms with Crippen molar-refractivity contribution in [1.29, 1.82) is 0 Å². The number of carbonyl (C=O) groups excluding carboxylic acids is 2. The van der Waals surface area contributed by atoms with E-state index in [0.29, 0.717) is 0 Å². The van der Waals surface area contributed by atoms with Crippen LogP contribution in [-0.2, 0) is 15.8 Å². The van der Waals surface area contributed by atoms with Crippen molar-refractivity contribution in [2.24, 2.45) is 5.10 Å². The van der Waals surface area contributed by atoms with E-state index in [-0.39, 0.29) is 23.6 Å². The van der Waals surface area contributed by atoms with Crippen LogP contribution in [0.2, 0.25) is 5.02 Å². The number of anilines is 1. The fourth-order valence-electron chi connectivity index (χ4n) is 2.06. The summed E-state index contributed by atoms with van der Waals surface area (Å²) in [7, 11) is 0. The van der Waals surface area contributed by atoms with Gasteiger partial charge in [-0.2, -0.15) is 18.3 Å². The summed E-state index contributed by atoms with van der Waals surface area (Å²) in [6.07, 6.45) is -3.56. The molecule has 0 bridgehead atoms. The first-order valence-electron chi connectivity index (χ1n) is 7.89. The van der Waals surface area contributed by atoms with Gasteiger partial charge in [-0.15, -0.1) is 0 Å². The second kappa shape index (κ2) is 9.70. The molecular weight excluding hydrogens is 463 g/mol. The van der Waals surface area contributed by atoms with E-state index in [1.165, 1.54) is 6.21 Å². The Hall–Kier alpha value is -2.39. The minimum Gasteiger partial charge on any atom is -0.325 e. The van der Waals surface area contributed by atoms with Crippen molar-refractivity contribution in [2.45, 2.75) is 19.0 Å². The smallest absolute Gasteiger partial charge is 0.325 e. The first-order chi connectivity index (χ1) is 13.1. The van der Waals surface area contributed by atoms with Crippen molar-refractivity contribution in [2.75, 3.05) is 5.32 Å². The van der Waals surface area contributed by atoms with Gasteiger partial charge in [0.2, 0.25) is 11.8 Å². The summed E-state index contributed by atoms with van der Waals surface area (Å²) in [4.78, 5) is 23.6. The molecule has 0 aliphatic heterocycles. The Bertz CT molecular complexity index is 904. The largest absolute Gasteiger partial charge is 0.416 e. The third kappa shape index (κ3) is 6.97. The molecule has 0 spiro atoms. The highest BCUT2D eigenvalue weighted by Crippen LogP contribution is 2.33. The molecular formula is C18H14BrClF3N3O2. The number of hydrogen-bond acceptors (Lipinski definition) is 3. The normalized spacial score (nSPS) is 11.5. The molecule has 0 atom stereocenters. The van der Waals surface area contributed by atoms with E-state index in [0.717, 1.165) is 28.2 Å². The molecule has 0 aliphatic rings. The summed E-state index contributed by atoms with van der Waals surface area (Å²) in [6, 6.07) is 9.82. The number of nitrogens with one attached hydrogen (secondary N) is 2. The highest BCUT2D eigenvalue weighted by Gasteiger charge is 2.31. The van der Waals surface area contributed by atoms with Crippen LogP contribution >= 0.6 is 27.5 Å². The second-order valence-corrected chi connectivity index (χ2v) is 6.91. The highest BCUT2D eigenvalue weighted by atomic mass is 79.9. The number of hydrazone groups is 1. The maximum absolute atomic E-state index is 12.7. The number of amides is 2. The van der Waals surface area contributed by atoms with Crippen LogP contribution in [0.25, 0.3) is 0 Å². The van der Waals surface area contributed by atoms with Gasteiger partial charge in [-0.3, -0.25) is 9.59 Å². The van der Waals surface area contributed by atoms with Gasteiger partial charge in [0.25, 0.3) is 0 Å². The lowest BCUT2D eigenvalue weighted by Gasteiger charge is -2.11. The average molecular weight is 477 g/mol. The zero-order chi connectivity index (χ0) is 20.7. The summed E-state index contributed by atoms with van der Waals surface area (Å²) in [5.74, 6) is -1.16. The molecule has 0 aliphatic carbocycles. The summed E-state index contributed by atoms with van der Waals surface area (Å²) in [5.41, 5.74) is 1.92. The van der Waals surface area contributed by atoms with Gasteiger partial charge in [-0.1, -0.05) is 39.7 Å². The maximum Gasteiger partial charge on any atom is 0.416 e. The second-order valence-electron chi connectivity index (χ2n) is 5.59. The molecule has 148 valence electrons. The summed E-state index contributed by atoms with van der Waals surface area (Å²) >= 11 is 9.11. The van der Waals surface area contributed by atoms with Crippen molar-refractivity contribution < 1.29 is 22.8 Å². The van der Waals surface area contributed by atoms with E-state index >= 15 is 0 Å². The van der Waals surface area contributed by atoms with Crippen molar-refractivity contribution in [3.63, 3.8) is 0 Å². The fraction of sp³-hybridized carbons (Fsp3) is 0.167. The molecule has 10 heteroatoms. The molecule has 2 aromatic rings. The van der Waals surface area contributed by atoms with E-state index in [4.69, 9.17) is 11.6 Å². The van der Waals surface area contributed by atoms with Crippen molar-refractivity contribution in [3.05, 3.63) is 63.1 Å². The molecule has 28 heavy (non-hydrogen) atoms. The topological polar surface area (TPSA) is 70.6 Å². The first kappa shape index (κ1) is 21.9. The Morgan fingerprint density at radius 3 is 2.50 bits per heavy atom. The molecule has 5 nitrogen and oxygen atoms in total. The van der Waals surface area contributed by atoms with Crippen LogP contribution in [0.15, 0.2) is 52.0 Å². The molecule has 0 radical (unpaired) electrons. The van der Waals surface area contributed by atoms with Gasteiger partial charge in [0.05, 0.1) is 22.5 Å². The maximum atomic E-state index is 12.7. The predicted octanol–water partition coefficient (Wildman–Crippen LogP) is 4.99.